The predicted octanol–water partition coefficient (Wildman–Crippen LogP) is 5.67. The van der Waals surface area contributed by atoms with Crippen LogP contribution in [0.4, 0.5) is 17.1 Å². The summed E-state index contributed by atoms with van der Waals surface area (Å²) < 4.78 is 0. The monoisotopic (exact) mass is 324 g/mol. The van der Waals surface area contributed by atoms with Gasteiger partial charge in [0.1, 0.15) is 0 Å². The van der Waals surface area contributed by atoms with Crippen molar-refractivity contribution in [1.29, 1.82) is 0 Å². The summed E-state index contributed by atoms with van der Waals surface area (Å²) in [5.41, 5.74) is 5.58. The van der Waals surface area contributed by atoms with Gasteiger partial charge in [-0.3, -0.25) is 4.99 Å². The van der Waals surface area contributed by atoms with Crippen molar-refractivity contribution in [3.8, 4) is 0 Å². The van der Waals surface area contributed by atoms with E-state index in [0.717, 1.165) is 17.9 Å². The normalized spacial score (nSPS) is 15.3. The minimum Gasteiger partial charge on any atom is -0.334 e. The largest absolute Gasteiger partial charge is 0.334 e. The fraction of sp³-hybridized carbons (Fsp3) is 0.0556. The third-order valence-electron chi connectivity index (χ3n) is 3.70. The van der Waals surface area contributed by atoms with Crippen LogP contribution in [0.15, 0.2) is 70.3 Å². The van der Waals surface area contributed by atoms with Crippen LogP contribution >= 0.6 is 22.9 Å². The number of thiophene rings is 1. The molecule has 0 amide bonds. The molecule has 1 aliphatic heterocycles. The number of rotatable bonds is 2. The summed E-state index contributed by atoms with van der Waals surface area (Å²) in [4.78, 5) is 7.12. The van der Waals surface area contributed by atoms with Crippen molar-refractivity contribution < 1.29 is 0 Å². The van der Waals surface area contributed by atoms with E-state index in [2.05, 4.69) is 46.0 Å². The zero-order chi connectivity index (χ0) is 14.9. The van der Waals surface area contributed by atoms with Gasteiger partial charge in [-0.1, -0.05) is 35.9 Å². The smallest absolute Gasteiger partial charge is 0.0701 e. The summed E-state index contributed by atoms with van der Waals surface area (Å²) >= 11 is 7.77. The fourth-order valence-electron chi connectivity index (χ4n) is 2.71. The molecule has 1 aromatic heterocycles. The lowest BCUT2D eigenvalue weighted by atomic mass is 10.1. The Morgan fingerprint density at radius 2 is 1.95 bits per heavy atom. The van der Waals surface area contributed by atoms with E-state index in [1.165, 1.54) is 16.9 Å². The van der Waals surface area contributed by atoms with Gasteiger partial charge in [0.25, 0.3) is 0 Å². The lowest BCUT2D eigenvalue weighted by Gasteiger charge is -2.16. The summed E-state index contributed by atoms with van der Waals surface area (Å²) in [6.07, 6.45) is 0. The molecule has 0 aliphatic carbocycles. The Balaban J connectivity index is 1.79. The molecule has 0 fully saturated rings. The molecule has 2 nitrogen and oxygen atoms in total. The highest BCUT2D eigenvalue weighted by Crippen LogP contribution is 2.36. The Morgan fingerprint density at radius 1 is 1.05 bits per heavy atom. The zero-order valence-electron chi connectivity index (χ0n) is 11.7. The van der Waals surface area contributed by atoms with Gasteiger partial charge >= 0.3 is 0 Å². The minimum atomic E-state index is 0.711. The van der Waals surface area contributed by atoms with Crippen molar-refractivity contribution in [3.05, 3.63) is 75.9 Å². The van der Waals surface area contributed by atoms with Gasteiger partial charge in [0, 0.05) is 16.0 Å². The molecule has 0 bridgehead atoms. The van der Waals surface area contributed by atoms with Crippen LogP contribution in [-0.4, -0.2) is 12.3 Å². The number of nitrogens with zero attached hydrogens (tertiary/aromatic N) is 2. The summed E-state index contributed by atoms with van der Waals surface area (Å²) in [7, 11) is 0. The molecule has 0 spiro atoms. The first kappa shape index (κ1) is 13.6. The Labute approximate surface area is 138 Å². The number of benzene rings is 2. The number of fused-ring (bicyclic) bond motifs is 1. The second-order valence-electron chi connectivity index (χ2n) is 5.12. The highest BCUT2D eigenvalue weighted by Gasteiger charge is 2.25. The molecule has 0 saturated carbocycles. The molecule has 2 aromatic carbocycles. The Morgan fingerprint density at radius 3 is 2.77 bits per heavy atom. The molecule has 0 radical (unpaired) electrons. The maximum absolute atomic E-state index is 6.06. The first-order valence-electron chi connectivity index (χ1n) is 7.03. The third kappa shape index (κ3) is 2.43. The van der Waals surface area contributed by atoms with Gasteiger partial charge in [-0.25, -0.2) is 0 Å². The van der Waals surface area contributed by atoms with E-state index in [-0.39, 0.29) is 0 Å². The van der Waals surface area contributed by atoms with E-state index in [4.69, 9.17) is 16.6 Å². The van der Waals surface area contributed by atoms with Crippen LogP contribution < -0.4 is 4.90 Å². The molecule has 4 rings (SSSR count). The zero-order valence-corrected chi connectivity index (χ0v) is 13.3. The van der Waals surface area contributed by atoms with Crippen molar-refractivity contribution in [2.75, 3.05) is 11.4 Å². The van der Waals surface area contributed by atoms with Gasteiger partial charge < -0.3 is 4.90 Å². The van der Waals surface area contributed by atoms with E-state index in [1.807, 2.05) is 24.3 Å². The number of para-hydroxylation sites is 1. The van der Waals surface area contributed by atoms with Crippen molar-refractivity contribution in [2.24, 2.45) is 4.99 Å². The summed E-state index contributed by atoms with van der Waals surface area (Å²) in [5, 5.41) is 4.98. The van der Waals surface area contributed by atoms with Crippen molar-refractivity contribution >= 4 is 45.7 Å². The molecule has 0 atom stereocenters. The molecule has 3 aromatic rings. The number of aliphatic imine (C=N–C) groups is 1. The predicted molar refractivity (Wildman–Crippen MR) is 95.4 cm³/mol. The molecule has 1 aliphatic rings. The highest BCUT2D eigenvalue weighted by molar-refractivity contribution is 7.08. The molecule has 108 valence electrons. The van der Waals surface area contributed by atoms with Gasteiger partial charge in [-0.2, -0.15) is 11.3 Å². The topological polar surface area (TPSA) is 15.6 Å². The Hall–Kier alpha value is -2.10. The lowest BCUT2D eigenvalue weighted by molar-refractivity contribution is 1.18. The second kappa shape index (κ2) is 5.59. The van der Waals surface area contributed by atoms with Crippen LogP contribution in [0.25, 0.3) is 0 Å². The van der Waals surface area contributed by atoms with E-state index in [9.17, 15) is 0 Å². The summed E-state index contributed by atoms with van der Waals surface area (Å²) in [6.45, 7) is 0.780. The number of hydrogen-bond acceptors (Lipinski definition) is 3. The number of hydrogen-bond donors (Lipinski definition) is 0. The molecule has 0 saturated heterocycles. The molecule has 4 heteroatoms. The van der Waals surface area contributed by atoms with Crippen LogP contribution in [-0.2, 0) is 0 Å². The molecular formula is C18H13ClN2S. The van der Waals surface area contributed by atoms with Gasteiger partial charge in [-0.05, 0) is 35.7 Å². The maximum Gasteiger partial charge on any atom is 0.0701 e. The van der Waals surface area contributed by atoms with Crippen LogP contribution in [0, 0.1) is 0 Å². The Kier molecular flexibility index (Phi) is 3.45. The average molecular weight is 325 g/mol. The van der Waals surface area contributed by atoms with Crippen molar-refractivity contribution in [2.45, 2.75) is 0 Å². The number of halogens is 1. The van der Waals surface area contributed by atoms with E-state index >= 15 is 0 Å². The molecular weight excluding hydrogens is 312 g/mol. The quantitative estimate of drug-likeness (QED) is 0.592. The summed E-state index contributed by atoms with van der Waals surface area (Å²) in [6, 6.07) is 18.2. The molecule has 22 heavy (non-hydrogen) atoms. The second-order valence-corrected chi connectivity index (χ2v) is 6.34. The van der Waals surface area contributed by atoms with E-state index in [1.54, 1.807) is 11.3 Å². The van der Waals surface area contributed by atoms with E-state index in [0.29, 0.717) is 5.02 Å². The third-order valence-corrected chi connectivity index (χ3v) is 4.61. The molecule has 0 unspecified atom stereocenters. The van der Waals surface area contributed by atoms with Gasteiger partial charge in [0.2, 0.25) is 0 Å². The maximum atomic E-state index is 6.06. The van der Waals surface area contributed by atoms with Crippen LogP contribution in [0.5, 0.6) is 0 Å². The Bertz CT molecular complexity index is 840. The average Bonchev–Trinajstić information content (AvgIpc) is 3.16. The van der Waals surface area contributed by atoms with Gasteiger partial charge in [-0.15, -0.1) is 0 Å². The van der Waals surface area contributed by atoms with E-state index < -0.39 is 0 Å². The first-order chi connectivity index (χ1) is 10.8. The first-order valence-corrected chi connectivity index (χ1v) is 8.35. The van der Waals surface area contributed by atoms with Gasteiger partial charge in [0.05, 0.1) is 29.3 Å². The lowest BCUT2D eigenvalue weighted by Crippen LogP contribution is -2.15. The standard InChI is InChI=1S/C18H13ClN2S/c19-13-4-3-5-14(10-13)20-17-11-21(15-8-9-22-12-15)18-7-2-1-6-16(17)18/h1-10,12H,11H2. The van der Waals surface area contributed by atoms with Crippen molar-refractivity contribution in [3.63, 3.8) is 0 Å². The molecule has 0 N–H and O–H groups in total. The SMILES string of the molecule is Clc1cccc(N=C2CN(c3ccsc3)c3ccccc32)c1. The van der Waals surface area contributed by atoms with Crippen LogP contribution in [0.3, 0.4) is 0 Å². The minimum absolute atomic E-state index is 0.711. The highest BCUT2D eigenvalue weighted by atomic mass is 35.5. The fourth-order valence-corrected chi connectivity index (χ4v) is 3.54. The summed E-state index contributed by atoms with van der Waals surface area (Å²) in [5.74, 6) is 0. The number of anilines is 2. The van der Waals surface area contributed by atoms with Crippen LogP contribution in [0.2, 0.25) is 5.02 Å². The molecule has 2 heterocycles. The van der Waals surface area contributed by atoms with Crippen molar-refractivity contribution in [1.82, 2.24) is 0 Å². The van der Waals surface area contributed by atoms with Crippen LogP contribution in [0.1, 0.15) is 5.56 Å². The van der Waals surface area contributed by atoms with Gasteiger partial charge in [0.15, 0.2) is 0 Å².